The van der Waals surface area contributed by atoms with Crippen molar-refractivity contribution in [3.8, 4) is 0 Å². The van der Waals surface area contributed by atoms with E-state index in [-0.39, 0.29) is 0 Å². The van der Waals surface area contributed by atoms with Crippen molar-refractivity contribution in [2.45, 2.75) is 77.3 Å². The SMILES string of the molecule is CCC1CCC(C)N1CCCCCCCN. The predicted molar refractivity (Wildman–Crippen MR) is 71.6 cm³/mol. The molecule has 0 aromatic carbocycles. The fraction of sp³-hybridized carbons (Fsp3) is 1.00. The molecule has 1 heterocycles. The minimum Gasteiger partial charge on any atom is -0.330 e. The number of nitrogens with zero attached hydrogens (tertiary/aromatic N) is 1. The predicted octanol–water partition coefficient (Wildman–Crippen LogP) is 3.16. The van der Waals surface area contributed by atoms with E-state index >= 15 is 0 Å². The Labute approximate surface area is 102 Å². The number of hydrogen-bond donors (Lipinski definition) is 1. The molecule has 0 aromatic heterocycles. The molecule has 2 heteroatoms. The first-order valence-corrected chi connectivity index (χ1v) is 7.25. The summed E-state index contributed by atoms with van der Waals surface area (Å²) in [6.45, 7) is 6.91. The lowest BCUT2D eigenvalue weighted by Gasteiger charge is -2.27. The highest BCUT2D eigenvalue weighted by Gasteiger charge is 2.28. The van der Waals surface area contributed by atoms with E-state index in [1.54, 1.807) is 0 Å². The second-order valence-corrected chi connectivity index (χ2v) is 5.28. The normalized spacial score (nSPS) is 26.4. The van der Waals surface area contributed by atoms with Crippen LogP contribution in [0.15, 0.2) is 0 Å². The molecule has 2 nitrogen and oxygen atoms in total. The molecule has 2 N–H and O–H groups in total. The zero-order valence-corrected chi connectivity index (χ0v) is 11.3. The van der Waals surface area contributed by atoms with Crippen LogP contribution in [0.2, 0.25) is 0 Å². The largest absolute Gasteiger partial charge is 0.330 e. The Morgan fingerprint density at radius 1 is 1.06 bits per heavy atom. The number of hydrogen-bond acceptors (Lipinski definition) is 2. The Bertz CT molecular complexity index is 170. The number of rotatable bonds is 8. The quantitative estimate of drug-likeness (QED) is 0.644. The van der Waals surface area contributed by atoms with Crippen molar-refractivity contribution in [3.05, 3.63) is 0 Å². The fourth-order valence-corrected chi connectivity index (χ4v) is 2.94. The van der Waals surface area contributed by atoms with E-state index in [0.29, 0.717) is 0 Å². The van der Waals surface area contributed by atoms with E-state index < -0.39 is 0 Å². The monoisotopic (exact) mass is 226 g/mol. The first kappa shape index (κ1) is 14.0. The maximum atomic E-state index is 5.49. The average molecular weight is 226 g/mol. The zero-order valence-electron chi connectivity index (χ0n) is 11.3. The molecule has 2 atom stereocenters. The Kier molecular flexibility index (Phi) is 7.06. The smallest absolute Gasteiger partial charge is 0.00960 e. The van der Waals surface area contributed by atoms with Crippen LogP contribution in [0, 0.1) is 0 Å². The Hall–Kier alpha value is -0.0800. The Balaban J connectivity index is 2.06. The molecule has 0 aliphatic carbocycles. The maximum Gasteiger partial charge on any atom is 0.00960 e. The summed E-state index contributed by atoms with van der Waals surface area (Å²) in [6, 6.07) is 1.70. The molecule has 0 radical (unpaired) electrons. The lowest BCUT2D eigenvalue weighted by Crippen LogP contribution is -2.34. The van der Waals surface area contributed by atoms with Crippen molar-refractivity contribution < 1.29 is 0 Å². The second kappa shape index (κ2) is 8.08. The van der Waals surface area contributed by atoms with Crippen LogP contribution in [-0.4, -0.2) is 30.1 Å². The van der Waals surface area contributed by atoms with Crippen LogP contribution in [0.1, 0.15) is 65.2 Å². The molecule has 16 heavy (non-hydrogen) atoms. The molecular weight excluding hydrogens is 196 g/mol. The van der Waals surface area contributed by atoms with Gasteiger partial charge in [0.2, 0.25) is 0 Å². The van der Waals surface area contributed by atoms with Gasteiger partial charge in [0.1, 0.15) is 0 Å². The summed E-state index contributed by atoms with van der Waals surface area (Å²) in [5.41, 5.74) is 5.49. The molecular formula is C14H30N2. The van der Waals surface area contributed by atoms with Crippen molar-refractivity contribution in [3.63, 3.8) is 0 Å². The van der Waals surface area contributed by atoms with Gasteiger partial charge < -0.3 is 5.73 Å². The highest BCUT2D eigenvalue weighted by molar-refractivity contribution is 4.83. The summed E-state index contributed by atoms with van der Waals surface area (Å²) < 4.78 is 0. The fourth-order valence-electron chi connectivity index (χ4n) is 2.94. The highest BCUT2D eigenvalue weighted by Crippen LogP contribution is 2.26. The van der Waals surface area contributed by atoms with Crippen LogP contribution in [-0.2, 0) is 0 Å². The summed E-state index contributed by atoms with van der Waals surface area (Å²) in [7, 11) is 0. The molecule has 0 saturated carbocycles. The van der Waals surface area contributed by atoms with E-state index in [2.05, 4.69) is 18.7 Å². The molecule has 1 rings (SSSR count). The van der Waals surface area contributed by atoms with Crippen molar-refractivity contribution in [1.82, 2.24) is 4.90 Å². The summed E-state index contributed by atoms with van der Waals surface area (Å²) in [5.74, 6) is 0. The van der Waals surface area contributed by atoms with E-state index in [4.69, 9.17) is 5.73 Å². The third kappa shape index (κ3) is 4.42. The van der Waals surface area contributed by atoms with Gasteiger partial charge in [0, 0.05) is 12.1 Å². The zero-order chi connectivity index (χ0) is 11.8. The van der Waals surface area contributed by atoms with E-state index in [1.165, 1.54) is 57.9 Å². The van der Waals surface area contributed by atoms with Crippen LogP contribution in [0.3, 0.4) is 0 Å². The van der Waals surface area contributed by atoms with Crippen LogP contribution in [0.25, 0.3) is 0 Å². The highest BCUT2D eigenvalue weighted by atomic mass is 15.2. The molecule has 1 aliphatic heterocycles. The van der Waals surface area contributed by atoms with Crippen LogP contribution in [0.4, 0.5) is 0 Å². The van der Waals surface area contributed by atoms with Crippen molar-refractivity contribution >= 4 is 0 Å². The van der Waals surface area contributed by atoms with Crippen molar-refractivity contribution in [2.75, 3.05) is 13.1 Å². The number of unbranched alkanes of at least 4 members (excludes halogenated alkanes) is 4. The molecule has 1 aliphatic rings. The van der Waals surface area contributed by atoms with Gasteiger partial charge in [-0.15, -0.1) is 0 Å². The Morgan fingerprint density at radius 2 is 1.75 bits per heavy atom. The van der Waals surface area contributed by atoms with Crippen molar-refractivity contribution in [1.29, 1.82) is 0 Å². The summed E-state index contributed by atoms with van der Waals surface area (Å²) in [5, 5.41) is 0. The van der Waals surface area contributed by atoms with Gasteiger partial charge in [0.25, 0.3) is 0 Å². The van der Waals surface area contributed by atoms with Crippen LogP contribution in [0.5, 0.6) is 0 Å². The van der Waals surface area contributed by atoms with Crippen LogP contribution < -0.4 is 5.73 Å². The van der Waals surface area contributed by atoms with Gasteiger partial charge in [-0.3, -0.25) is 4.90 Å². The van der Waals surface area contributed by atoms with Gasteiger partial charge in [-0.1, -0.05) is 26.2 Å². The molecule has 2 unspecified atom stereocenters. The van der Waals surface area contributed by atoms with Gasteiger partial charge in [0.15, 0.2) is 0 Å². The molecule has 0 bridgehead atoms. The standard InChI is InChI=1S/C14H30N2/c1-3-14-10-9-13(2)16(14)12-8-6-4-5-7-11-15/h13-14H,3-12,15H2,1-2H3. The van der Waals surface area contributed by atoms with E-state index in [9.17, 15) is 0 Å². The molecule has 0 aromatic rings. The molecule has 1 fully saturated rings. The minimum absolute atomic E-state index is 0.828. The molecule has 96 valence electrons. The third-order valence-corrected chi connectivity index (χ3v) is 4.04. The van der Waals surface area contributed by atoms with Crippen molar-refractivity contribution in [2.24, 2.45) is 5.73 Å². The minimum atomic E-state index is 0.828. The molecule has 0 spiro atoms. The first-order chi connectivity index (χ1) is 7.79. The van der Waals surface area contributed by atoms with Gasteiger partial charge in [-0.2, -0.15) is 0 Å². The third-order valence-electron chi connectivity index (χ3n) is 4.04. The lowest BCUT2D eigenvalue weighted by atomic mass is 10.1. The number of likely N-dealkylation sites (tertiary alicyclic amines) is 1. The summed E-state index contributed by atoms with van der Waals surface area (Å²) in [4.78, 5) is 2.74. The van der Waals surface area contributed by atoms with Gasteiger partial charge in [0.05, 0.1) is 0 Å². The van der Waals surface area contributed by atoms with E-state index in [1.807, 2.05) is 0 Å². The van der Waals surface area contributed by atoms with Gasteiger partial charge in [-0.05, 0) is 52.1 Å². The molecule has 0 amide bonds. The Morgan fingerprint density at radius 3 is 2.44 bits per heavy atom. The van der Waals surface area contributed by atoms with Gasteiger partial charge in [-0.25, -0.2) is 0 Å². The topological polar surface area (TPSA) is 29.3 Å². The lowest BCUT2D eigenvalue weighted by molar-refractivity contribution is 0.194. The molecule has 1 saturated heterocycles. The second-order valence-electron chi connectivity index (χ2n) is 5.28. The maximum absolute atomic E-state index is 5.49. The number of nitrogens with two attached hydrogens (primary N) is 1. The average Bonchev–Trinajstić information content (AvgIpc) is 2.65. The summed E-state index contributed by atoms with van der Waals surface area (Å²) >= 11 is 0. The van der Waals surface area contributed by atoms with Gasteiger partial charge >= 0.3 is 0 Å². The van der Waals surface area contributed by atoms with E-state index in [0.717, 1.165) is 18.6 Å². The summed E-state index contributed by atoms with van der Waals surface area (Å²) in [6.07, 6.45) is 10.8. The first-order valence-electron chi connectivity index (χ1n) is 7.25. The van der Waals surface area contributed by atoms with Crippen LogP contribution >= 0.6 is 0 Å².